The van der Waals surface area contributed by atoms with Crippen LogP contribution in [0.5, 0.6) is 0 Å². The maximum atomic E-state index is 12.3. The summed E-state index contributed by atoms with van der Waals surface area (Å²) in [6.07, 6.45) is 1.79. The van der Waals surface area contributed by atoms with E-state index in [2.05, 4.69) is 5.32 Å². The second kappa shape index (κ2) is 5.86. The molecule has 0 saturated heterocycles. The molecule has 0 aliphatic carbocycles. The summed E-state index contributed by atoms with van der Waals surface area (Å²) in [5.74, 6) is -0.182. The second-order valence-corrected chi connectivity index (χ2v) is 7.81. The standard InChI is InChI=1S/C20H15NO3S/c22-20(12-14-5-6-15-3-1-2-4-17(15)11-14)21-18-8-7-16-9-10-25(23,24)19(16)13-18/h1-11,13H,12H2,(H,21,22). The van der Waals surface area contributed by atoms with Crippen LogP contribution >= 0.6 is 0 Å². The highest BCUT2D eigenvalue weighted by Crippen LogP contribution is 2.29. The first-order valence-corrected chi connectivity index (χ1v) is 9.41. The SMILES string of the molecule is O=C(Cc1ccc2ccccc2c1)Nc1ccc2c(c1)S(=O)(=O)C=C2. The van der Waals surface area contributed by atoms with Gasteiger partial charge in [-0.1, -0.05) is 48.5 Å². The monoisotopic (exact) mass is 349 g/mol. The van der Waals surface area contributed by atoms with E-state index in [1.54, 1.807) is 18.2 Å². The lowest BCUT2D eigenvalue weighted by molar-refractivity contribution is -0.115. The maximum absolute atomic E-state index is 12.3. The van der Waals surface area contributed by atoms with Crippen LogP contribution in [0.4, 0.5) is 5.69 Å². The van der Waals surface area contributed by atoms with Crippen molar-refractivity contribution in [3.05, 3.63) is 77.2 Å². The first kappa shape index (κ1) is 15.6. The fourth-order valence-electron chi connectivity index (χ4n) is 2.97. The molecular weight excluding hydrogens is 334 g/mol. The van der Waals surface area contributed by atoms with Crippen molar-refractivity contribution >= 4 is 38.3 Å². The van der Waals surface area contributed by atoms with Crippen molar-refractivity contribution in [3.8, 4) is 0 Å². The van der Waals surface area contributed by atoms with E-state index in [0.29, 0.717) is 11.3 Å². The third kappa shape index (κ3) is 3.06. The molecule has 5 heteroatoms. The van der Waals surface area contributed by atoms with Crippen molar-refractivity contribution in [2.24, 2.45) is 0 Å². The first-order valence-electron chi connectivity index (χ1n) is 7.86. The molecule has 4 rings (SSSR count). The molecule has 1 heterocycles. The van der Waals surface area contributed by atoms with Gasteiger partial charge in [-0.2, -0.15) is 0 Å². The lowest BCUT2D eigenvalue weighted by Gasteiger charge is -2.08. The molecule has 3 aromatic carbocycles. The van der Waals surface area contributed by atoms with E-state index in [4.69, 9.17) is 0 Å². The number of hydrogen-bond donors (Lipinski definition) is 1. The normalized spacial score (nSPS) is 14.4. The van der Waals surface area contributed by atoms with Gasteiger partial charge in [-0.05, 0) is 40.1 Å². The molecule has 0 saturated carbocycles. The highest BCUT2D eigenvalue weighted by molar-refractivity contribution is 7.94. The van der Waals surface area contributed by atoms with Crippen LogP contribution in [0.1, 0.15) is 11.1 Å². The van der Waals surface area contributed by atoms with Crippen molar-refractivity contribution < 1.29 is 13.2 Å². The van der Waals surface area contributed by atoms with Gasteiger partial charge >= 0.3 is 0 Å². The van der Waals surface area contributed by atoms with Crippen molar-refractivity contribution in [2.45, 2.75) is 11.3 Å². The second-order valence-electron chi connectivity index (χ2n) is 6.01. The molecule has 0 fully saturated rings. The highest BCUT2D eigenvalue weighted by atomic mass is 32.2. The Bertz CT molecular complexity index is 1130. The van der Waals surface area contributed by atoms with E-state index in [0.717, 1.165) is 16.3 Å². The quantitative estimate of drug-likeness (QED) is 0.783. The molecular formula is C20H15NO3S. The average molecular weight is 349 g/mol. The van der Waals surface area contributed by atoms with Crippen molar-refractivity contribution in [2.75, 3.05) is 5.32 Å². The van der Waals surface area contributed by atoms with Crippen molar-refractivity contribution in [1.82, 2.24) is 0 Å². The molecule has 0 unspecified atom stereocenters. The Morgan fingerprint density at radius 1 is 0.920 bits per heavy atom. The predicted octanol–water partition coefficient (Wildman–Crippen LogP) is 3.78. The van der Waals surface area contributed by atoms with Crippen molar-refractivity contribution in [1.29, 1.82) is 0 Å². The first-order chi connectivity index (χ1) is 12.0. The number of anilines is 1. The number of nitrogens with one attached hydrogen (secondary N) is 1. The number of benzene rings is 3. The van der Waals surface area contributed by atoms with E-state index in [-0.39, 0.29) is 17.2 Å². The summed E-state index contributed by atoms with van der Waals surface area (Å²) < 4.78 is 23.8. The number of carbonyl (C=O) groups excluding carboxylic acids is 1. The highest BCUT2D eigenvalue weighted by Gasteiger charge is 2.21. The van der Waals surface area contributed by atoms with Crippen molar-refractivity contribution in [3.63, 3.8) is 0 Å². The van der Waals surface area contributed by atoms with Crippen LogP contribution < -0.4 is 5.32 Å². The van der Waals surface area contributed by atoms with Gasteiger partial charge in [0, 0.05) is 11.1 Å². The summed E-state index contributed by atoms with van der Waals surface area (Å²) in [5.41, 5.74) is 2.04. The largest absolute Gasteiger partial charge is 0.326 e. The minimum absolute atomic E-state index is 0.182. The third-order valence-electron chi connectivity index (χ3n) is 4.21. The van der Waals surface area contributed by atoms with Crippen LogP contribution in [0, 0.1) is 0 Å². The van der Waals surface area contributed by atoms with Gasteiger partial charge in [-0.25, -0.2) is 8.42 Å². The average Bonchev–Trinajstić information content (AvgIpc) is 2.89. The molecule has 1 aliphatic rings. The Balaban J connectivity index is 1.52. The van der Waals surface area contributed by atoms with E-state index < -0.39 is 9.84 Å². The molecule has 1 N–H and O–H groups in total. The molecule has 1 amide bonds. The van der Waals surface area contributed by atoms with Crippen LogP contribution in [0.3, 0.4) is 0 Å². The summed E-state index contributed by atoms with van der Waals surface area (Å²) in [6, 6.07) is 18.8. The Kier molecular flexibility index (Phi) is 3.66. The molecule has 0 aromatic heterocycles. The van der Waals surface area contributed by atoms with E-state index in [9.17, 15) is 13.2 Å². The molecule has 1 aliphatic heterocycles. The predicted molar refractivity (Wildman–Crippen MR) is 98.9 cm³/mol. The molecule has 0 atom stereocenters. The number of sulfone groups is 1. The molecule has 4 nitrogen and oxygen atoms in total. The summed E-state index contributed by atoms with van der Waals surface area (Å²) in [5, 5.41) is 6.17. The minimum atomic E-state index is -3.38. The Morgan fingerprint density at radius 2 is 1.72 bits per heavy atom. The van der Waals surface area contributed by atoms with E-state index in [1.165, 1.54) is 11.5 Å². The minimum Gasteiger partial charge on any atom is -0.326 e. The molecule has 25 heavy (non-hydrogen) atoms. The zero-order valence-corrected chi connectivity index (χ0v) is 14.1. The zero-order chi connectivity index (χ0) is 17.4. The smallest absolute Gasteiger partial charge is 0.228 e. The third-order valence-corrected chi connectivity index (χ3v) is 5.67. The summed E-state index contributed by atoms with van der Waals surface area (Å²) >= 11 is 0. The van der Waals surface area contributed by atoms with Gasteiger partial charge in [0.15, 0.2) is 0 Å². The Morgan fingerprint density at radius 3 is 2.56 bits per heavy atom. The topological polar surface area (TPSA) is 63.2 Å². The number of amides is 1. The maximum Gasteiger partial charge on any atom is 0.228 e. The Hall–Kier alpha value is -2.92. The van der Waals surface area contributed by atoms with Crippen LogP contribution in [-0.4, -0.2) is 14.3 Å². The van der Waals surface area contributed by atoms with Crippen LogP contribution in [0.2, 0.25) is 0 Å². The molecule has 0 bridgehead atoms. The zero-order valence-electron chi connectivity index (χ0n) is 13.3. The molecule has 124 valence electrons. The van der Waals surface area contributed by atoms with Crippen LogP contribution in [0.25, 0.3) is 16.8 Å². The molecule has 0 radical (unpaired) electrons. The lowest BCUT2D eigenvalue weighted by Crippen LogP contribution is -2.14. The van der Waals surface area contributed by atoms with E-state index in [1.807, 2.05) is 42.5 Å². The van der Waals surface area contributed by atoms with Gasteiger partial charge < -0.3 is 5.32 Å². The van der Waals surface area contributed by atoms with Gasteiger partial charge in [0.1, 0.15) is 0 Å². The number of carbonyl (C=O) groups is 1. The van der Waals surface area contributed by atoms with Crippen LogP contribution in [0.15, 0.2) is 71.0 Å². The summed E-state index contributed by atoms with van der Waals surface area (Å²) in [4.78, 5) is 12.5. The Labute approximate surface area is 145 Å². The number of fused-ring (bicyclic) bond motifs is 2. The lowest BCUT2D eigenvalue weighted by atomic mass is 10.0. The van der Waals surface area contributed by atoms with Gasteiger partial charge in [0.2, 0.25) is 15.7 Å². The van der Waals surface area contributed by atoms with Gasteiger partial charge in [-0.15, -0.1) is 0 Å². The van der Waals surface area contributed by atoms with Crippen LogP contribution in [-0.2, 0) is 21.1 Å². The number of hydrogen-bond acceptors (Lipinski definition) is 3. The fraction of sp³-hybridized carbons (Fsp3) is 0.0500. The van der Waals surface area contributed by atoms with E-state index >= 15 is 0 Å². The fourth-order valence-corrected chi connectivity index (χ4v) is 4.20. The molecule has 0 spiro atoms. The summed E-state index contributed by atoms with van der Waals surface area (Å²) in [6.45, 7) is 0. The van der Waals surface area contributed by atoms with Gasteiger partial charge in [0.05, 0.1) is 11.3 Å². The summed E-state index contributed by atoms with van der Waals surface area (Å²) in [7, 11) is -3.38. The van der Waals surface area contributed by atoms with Gasteiger partial charge in [0.25, 0.3) is 0 Å². The molecule has 3 aromatic rings. The number of rotatable bonds is 3. The van der Waals surface area contributed by atoms with Gasteiger partial charge in [-0.3, -0.25) is 4.79 Å².